The summed E-state index contributed by atoms with van der Waals surface area (Å²) in [4.78, 5) is 23.5. The highest BCUT2D eigenvalue weighted by molar-refractivity contribution is 9.10. The molecule has 0 aliphatic carbocycles. The molecule has 0 saturated carbocycles. The molecular formula is C16H14BrNO3. The lowest BCUT2D eigenvalue weighted by molar-refractivity contribution is 0.0698. The molecule has 0 saturated heterocycles. The molecule has 0 aromatic heterocycles. The van der Waals surface area contributed by atoms with Crippen LogP contribution in [0.2, 0.25) is 0 Å². The van der Waals surface area contributed by atoms with Crippen LogP contribution in [-0.4, -0.2) is 17.0 Å². The summed E-state index contributed by atoms with van der Waals surface area (Å²) >= 11 is 3.27. The van der Waals surface area contributed by atoms with Crippen molar-refractivity contribution in [3.8, 4) is 0 Å². The van der Waals surface area contributed by atoms with Gasteiger partial charge >= 0.3 is 5.97 Å². The van der Waals surface area contributed by atoms with Crippen LogP contribution in [-0.2, 0) is 0 Å². The number of rotatable bonds is 3. The van der Waals surface area contributed by atoms with Crippen LogP contribution in [0.15, 0.2) is 40.9 Å². The number of carbonyl (C=O) groups excluding carboxylic acids is 1. The average molecular weight is 348 g/mol. The number of amides is 1. The minimum atomic E-state index is -1.08. The zero-order valence-electron chi connectivity index (χ0n) is 11.6. The summed E-state index contributed by atoms with van der Waals surface area (Å²) in [5.74, 6) is -1.42. The van der Waals surface area contributed by atoms with Gasteiger partial charge in [0.25, 0.3) is 5.91 Å². The van der Waals surface area contributed by atoms with E-state index in [1.807, 2.05) is 19.9 Å². The topological polar surface area (TPSA) is 66.4 Å². The maximum absolute atomic E-state index is 12.3. The second kappa shape index (κ2) is 6.10. The van der Waals surface area contributed by atoms with E-state index in [9.17, 15) is 9.59 Å². The molecule has 0 bridgehead atoms. The fraction of sp³-hybridized carbons (Fsp3) is 0.125. The Balaban J connectivity index is 2.35. The van der Waals surface area contributed by atoms with Gasteiger partial charge in [-0.05, 0) is 44.2 Å². The molecular weight excluding hydrogens is 334 g/mol. The standard InChI is InChI=1S/C16H14BrNO3/c1-9-5-10(2)7-11(6-9)15(19)18-14-8-12(17)3-4-13(14)16(20)21/h3-8H,1-2H3,(H,18,19)(H,20,21). The van der Waals surface area contributed by atoms with Gasteiger partial charge in [0.2, 0.25) is 0 Å². The highest BCUT2D eigenvalue weighted by Gasteiger charge is 2.14. The first-order valence-corrected chi connectivity index (χ1v) is 7.08. The minimum absolute atomic E-state index is 0.0518. The van der Waals surface area contributed by atoms with Gasteiger partial charge in [-0.2, -0.15) is 0 Å². The molecule has 2 aromatic carbocycles. The van der Waals surface area contributed by atoms with Gasteiger partial charge in [-0.15, -0.1) is 0 Å². The first-order chi connectivity index (χ1) is 9.86. The summed E-state index contributed by atoms with van der Waals surface area (Å²) in [6, 6.07) is 10.1. The SMILES string of the molecule is Cc1cc(C)cc(C(=O)Nc2cc(Br)ccc2C(=O)O)c1. The van der Waals surface area contributed by atoms with Crippen LogP contribution in [0, 0.1) is 13.8 Å². The maximum atomic E-state index is 12.3. The van der Waals surface area contributed by atoms with Crippen LogP contribution >= 0.6 is 15.9 Å². The molecule has 2 N–H and O–H groups in total. The van der Waals surface area contributed by atoms with Crippen molar-refractivity contribution in [2.45, 2.75) is 13.8 Å². The molecule has 0 atom stereocenters. The Morgan fingerprint density at radius 3 is 2.24 bits per heavy atom. The van der Waals surface area contributed by atoms with Gasteiger partial charge in [-0.25, -0.2) is 4.79 Å². The van der Waals surface area contributed by atoms with Crippen molar-refractivity contribution < 1.29 is 14.7 Å². The molecule has 0 aliphatic rings. The van der Waals surface area contributed by atoms with Crippen molar-refractivity contribution in [3.05, 3.63) is 63.1 Å². The molecule has 5 heteroatoms. The molecule has 0 fully saturated rings. The molecule has 108 valence electrons. The molecule has 0 spiro atoms. The zero-order chi connectivity index (χ0) is 15.6. The van der Waals surface area contributed by atoms with Crippen molar-refractivity contribution in [2.24, 2.45) is 0 Å². The van der Waals surface area contributed by atoms with Crippen molar-refractivity contribution in [1.82, 2.24) is 0 Å². The number of carboxylic acids is 1. The van der Waals surface area contributed by atoms with Crippen LogP contribution in [0.3, 0.4) is 0 Å². The first kappa shape index (κ1) is 15.3. The summed E-state index contributed by atoms with van der Waals surface area (Å²) in [5, 5.41) is 11.8. The number of nitrogens with one attached hydrogen (secondary N) is 1. The fourth-order valence-electron chi connectivity index (χ4n) is 2.11. The van der Waals surface area contributed by atoms with Crippen molar-refractivity contribution in [3.63, 3.8) is 0 Å². The normalized spacial score (nSPS) is 10.2. The van der Waals surface area contributed by atoms with Crippen LogP contribution < -0.4 is 5.32 Å². The molecule has 0 unspecified atom stereocenters. The fourth-order valence-corrected chi connectivity index (χ4v) is 2.47. The molecule has 0 radical (unpaired) electrons. The highest BCUT2D eigenvalue weighted by atomic mass is 79.9. The predicted octanol–water partition coefficient (Wildman–Crippen LogP) is 4.02. The molecule has 1 amide bonds. The van der Waals surface area contributed by atoms with Crippen LogP contribution in [0.5, 0.6) is 0 Å². The van der Waals surface area contributed by atoms with Gasteiger partial charge in [0.15, 0.2) is 0 Å². The van der Waals surface area contributed by atoms with Gasteiger partial charge in [-0.1, -0.05) is 33.1 Å². The van der Waals surface area contributed by atoms with Crippen molar-refractivity contribution >= 4 is 33.5 Å². The number of carboxylic acid groups (broad SMARTS) is 1. The number of carbonyl (C=O) groups is 2. The molecule has 0 heterocycles. The monoisotopic (exact) mass is 347 g/mol. The minimum Gasteiger partial charge on any atom is -0.478 e. The third-order valence-corrected chi connectivity index (χ3v) is 3.44. The van der Waals surface area contributed by atoms with Gasteiger partial charge < -0.3 is 10.4 Å². The van der Waals surface area contributed by atoms with Gasteiger partial charge in [-0.3, -0.25) is 4.79 Å². The van der Waals surface area contributed by atoms with Crippen LogP contribution in [0.1, 0.15) is 31.8 Å². The Hall–Kier alpha value is -2.14. The highest BCUT2D eigenvalue weighted by Crippen LogP contribution is 2.22. The summed E-state index contributed by atoms with van der Waals surface area (Å²) in [7, 11) is 0. The Kier molecular flexibility index (Phi) is 4.43. The second-order valence-corrected chi connectivity index (χ2v) is 5.74. The van der Waals surface area contributed by atoms with E-state index in [-0.39, 0.29) is 17.2 Å². The van der Waals surface area contributed by atoms with Crippen molar-refractivity contribution in [2.75, 3.05) is 5.32 Å². The Bertz CT molecular complexity index is 705. The first-order valence-electron chi connectivity index (χ1n) is 6.29. The lowest BCUT2D eigenvalue weighted by atomic mass is 10.1. The Labute approximate surface area is 130 Å². The smallest absolute Gasteiger partial charge is 0.337 e. The third kappa shape index (κ3) is 3.70. The van der Waals surface area contributed by atoms with Gasteiger partial charge in [0.05, 0.1) is 11.3 Å². The number of benzene rings is 2. The summed E-state index contributed by atoms with van der Waals surface area (Å²) < 4.78 is 0.697. The number of halogens is 1. The average Bonchev–Trinajstić information content (AvgIpc) is 2.37. The number of hydrogen-bond donors (Lipinski definition) is 2. The number of anilines is 1. The largest absolute Gasteiger partial charge is 0.478 e. The second-order valence-electron chi connectivity index (χ2n) is 4.83. The van der Waals surface area contributed by atoms with Gasteiger partial charge in [0.1, 0.15) is 0 Å². The number of aryl methyl sites for hydroxylation is 2. The maximum Gasteiger partial charge on any atom is 0.337 e. The zero-order valence-corrected chi connectivity index (χ0v) is 13.2. The molecule has 2 aromatic rings. The molecule has 0 aliphatic heterocycles. The van der Waals surface area contributed by atoms with E-state index >= 15 is 0 Å². The van der Waals surface area contributed by atoms with Gasteiger partial charge in [0, 0.05) is 10.0 Å². The number of hydrogen-bond acceptors (Lipinski definition) is 2. The third-order valence-electron chi connectivity index (χ3n) is 2.94. The summed E-state index contributed by atoms with van der Waals surface area (Å²) in [5.41, 5.74) is 2.78. The van der Waals surface area contributed by atoms with Crippen molar-refractivity contribution in [1.29, 1.82) is 0 Å². The van der Waals surface area contributed by atoms with E-state index in [1.54, 1.807) is 24.3 Å². The molecule has 2 rings (SSSR count). The Morgan fingerprint density at radius 2 is 1.67 bits per heavy atom. The van der Waals surface area contributed by atoms with E-state index in [0.717, 1.165) is 11.1 Å². The predicted molar refractivity (Wildman–Crippen MR) is 85.0 cm³/mol. The quantitative estimate of drug-likeness (QED) is 0.881. The Morgan fingerprint density at radius 1 is 1.05 bits per heavy atom. The van der Waals surface area contributed by atoms with Crippen LogP contribution in [0.25, 0.3) is 0 Å². The van der Waals surface area contributed by atoms with Crippen LogP contribution in [0.4, 0.5) is 5.69 Å². The molecule has 21 heavy (non-hydrogen) atoms. The summed E-state index contributed by atoms with van der Waals surface area (Å²) in [6.45, 7) is 3.82. The van der Waals surface area contributed by atoms with E-state index < -0.39 is 5.97 Å². The lowest BCUT2D eigenvalue weighted by Gasteiger charge is -2.10. The van der Waals surface area contributed by atoms with E-state index in [1.165, 1.54) is 6.07 Å². The summed E-state index contributed by atoms with van der Waals surface area (Å²) in [6.07, 6.45) is 0. The lowest BCUT2D eigenvalue weighted by Crippen LogP contribution is -2.15. The number of aromatic carboxylic acids is 1. The molecule has 4 nitrogen and oxygen atoms in total. The van der Waals surface area contributed by atoms with E-state index in [4.69, 9.17) is 5.11 Å². The van der Waals surface area contributed by atoms with E-state index in [2.05, 4.69) is 21.2 Å². The van der Waals surface area contributed by atoms with E-state index in [0.29, 0.717) is 10.0 Å².